The van der Waals surface area contributed by atoms with Crippen LogP contribution in [0.4, 0.5) is 0 Å². The van der Waals surface area contributed by atoms with E-state index in [0.717, 1.165) is 32.1 Å². The van der Waals surface area contributed by atoms with Crippen LogP contribution in [-0.2, 0) is 15.8 Å². The van der Waals surface area contributed by atoms with Crippen LogP contribution in [0.3, 0.4) is 0 Å². The Morgan fingerprint density at radius 3 is 2.58 bits per heavy atom. The van der Waals surface area contributed by atoms with Crippen molar-refractivity contribution >= 4 is 0 Å². The summed E-state index contributed by atoms with van der Waals surface area (Å²) in [7, 11) is 1.74. The molecule has 1 fully saturated rings. The van der Waals surface area contributed by atoms with Crippen LogP contribution >= 0.6 is 0 Å². The van der Waals surface area contributed by atoms with Crippen LogP contribution in [0.15, 0.2) is 4.52 Å². The zero-order valence-electron chi connectivity index (χ0n) is 12.2. The van der Waals surface area contributed by atoms with Gasteiger partial charge in [-0.15, -0.1) is 0 Å². The number of rotatable bonds is 5. The number of ether oxygens (including phenoxy) is 1. The van der Waals surface area contributed by atoms with E-state index >= 15 is 0 Å². The Bertz CT molecular complexity index is 407. The van der Waals surface area contributed by atoms with Gasteiger partial charge < -0.3 is 15.0 Å². The molecule has 1 saturated carbocycles. The van der Waals surface area contributed by atoms with Gasteiger partial charge in [0.2, 0.25) is 11.7 Å². The van der Waals surface area contributed by atoms with Crippen LogP contribution in [0.2, 0.25) is 0 Å². The average Bonchev–Trinajstić information content (AvgIpc) is 2.98. The molecule has 0 amide bonds. The third-order valence-electron chi connectivity index (χ3n) is 4.63. The molecule has 1 aromatic rings. The van der Waals surface area contributed by atoms with Gasteiger partial charge in [0, 0.05) is 13.7 Å². The summed E-state index contributed by atoms with van der Waals surface area (Å²) >= 11 is 0. The Kier molecular flexibility index (Phi) is 4.26. The molecule has 0 aromatic carbocycles. The van der Waals surface area contributed by atoms with E-state index < -0.39 is 0 Å². The van der Waals surface area contributed by atoms with Crippen molar-refractivity contribution in [1.82, 2.24) is 10.1 Å². The van der Waals surface area contributed by atoms with Crippen molar-refractivity contribution in [3.63, 3.8) is 0 Å². The first-order valence-electron chi connectivity index (χ1n) is 7.20. The van der Waals surface area contributed by atoms with Gasteiger partial charge in [-0.2, -0.15) is 4.98 Å². The fourth-order valence-corrected chi connectivity index (χ4v) is 2.68. The third kappa shape index (κ3) is 2.54. The third-order valence-corrected chi connectivity index (χ3v) is 4.63. The topological polar surface area (TPSA) is 74.2 Å². The largest absolute Gasteiger partial charge is 0.370 e. The summed E-state index contributed by atoms with van der Waals surface area (Å²) in [6.45, 7) is 4.65. The SMILES string of the molecule is CCC(C)(CN)c1nc(C2(OC)CCCCC2)no1. The molecule has 0 bridgehead atoms. The maximum absolute atomic E-state index is 5.84. The van der Waals surface area contributed by atoms with E-state index in [1.807, 2.05) is 0 Å². The minimum Gasteiger partial charge on any atom is -0.370 e. The quantitative estimate of drug-likeness (QED) is 0.887. The van der Waals surface area contributed by atoms with Crippen LogP contribution in [0.5, 0.6) is 0 Å². The molecule has 0 saturated heterocycles. The summed E-state index contributed by atoms with van der Waals surface area (Å²) in [4.78, 5) is 4.61. The van der Waals surface area contributed by atoms with Crippen LogP contribution in [-0.4, -0.2) is 23.8 Å². The van der Waals surface area contributed by atoms with Gasteiger partial charge in [-0.05, 0) is 26.2 Å². The molecule has 0 aliphatic heterocycles. The molecule has 0 spiro atoms. The number of hydrogen-bond acceptors (Lipinski definition) is 5. The lowest BCUT2D eigenvalue weighted by molar-refractivity contribution is -0.0527. The molecule has 5 nitrogen and oxygen atoms in total. The number of nitrogens with two attached hydrogens (primary N) is 1. The van der Waals surface area contributed by atoms with Gasteiger partial charge in [0.25, 0.3) is 0 Å². The molecular formula is C14H25N3O2. The second-order valence-electron chi connectivity index (χ2n) is 5.80. The summed E-state index contributed by atoms with van der Waals surface area (Å²) in [6, 6.07) is 0. The van der Waals surface area contributed by atoms with Crippen LogP contribution in [0.25, 0.3) is 0 Å². The second kappa shape index (κ2) is 5.59. The molecule has 19 heavy (non-hydrogen) atoms. The highest BCUT2D eigenvalue weighted by molar-refractivity contribution is 5.09. The van der Waals surface area contributed by atoms with Crippen molar-refractivity contribution in [1.29, 1.82) is 0 Å². The number of methoxy groups -OCH3 is 1. The Labute approximate surface area is 114 Å². The lowest BCUT2D eigenvalue weighted by atomic mass is 9.83. The van der Waals surface area contributed by atoms with Gasteiger partial charge >= 0.3 is 0 Å². The highest BCUT2D eigenvalue weighted by Gasteiger charge is 2.40. The molecule has 2 N–H and O–H groups in total. The van der Waals surface area contributed by atoms with Crippen LogP contribution < -0.4 is 5.73 Å². The van der Waals surface area contributed by atoms with Crippen molar-refractivity contribution in [3.8, 4) is 0 Å². The number of nitrogens with zero attached hydrogens (tertiary/aromatic N) is 2. The lowest BCUT2D eigenvalue weighted by Crippen LogP contribution is -2.34. The lowest BCUT2D eigenvalue weighted by Gasteiger charge is -2.32. The molecule has 1 aliphatic rings. The molecule has 2 rings (SSSR count). The number of aromatic nitrogens is 2. The first-order chi connectivity index (χ1) is 9.10. The van der Waals surface area contributed by atoms with Gasteiger partial charge in [-0.3, -0.25) is 0 Å². The highest BCUT2D eigenvalue weighted by Crippen LogP contribution is 2.39. The monoisotopic (exact) mass is 267 g/mol. The molecule has 1 atom stereocenters. The van der Waals surface area contributed by atoms with E-state index in [-0.39, 0.29) is 11.0 Å². The Morgan fingerprint density at radius 1 is 1.37 bits per heavy atom. The predicted molar refractivity (Wildman–Crippen MR) is 72.8 cm³/mol. The van der Waals surface area contributed by atoms with Crippen LogP contribution in [0.1, 0.15) is 64.1 Å². The minimum absolute atomic E-state index is 0.241. The van der Waals surface area contributed by atoms with Crippen molar-refractivity contribution < 1.29 is 9.26 Å². The highest BCUT2D eigenvalue weighted by atomic mass is 16.5. The first-order valence-corrected chi connectivity index (χ1v) is 7.20. The van der Waals surface area contributed by atoms with E-state index in [1.54, 1.807) is 7.11 Å². The Hall–Kier alpha value is -0.940. The fraction of sp³-hybridized carbons (Fsp3) is 0.857. The summed E-state index contributed by atoms with van der Waals surface area (Å²) in [5.74, 6) is 1.33. The molecule has 1 heterocycles. The van der Waals surface area contributed by atoms with Gasteiger partial charge in [-0.1, -0.05) is 31.3 Å². The first kappa shape index (κ1) is 14.5. The zero-order chi connectivity index (χ0) is 13.9. The molecule has 1 unspecified atom stereocenters. The number of hydrogen-bond donors (Lipinski definition) is 1. The predicted octanol–water partition coefficient (Wildman–Crippen LogP) is 2.50. The molecule has 1 aromatic heterocycles. The Morgan fingerprint density at radius 2 is 2.05 bits per heavy atom. The standard InChI is InChI=1S/C14H25N3O2/c1-4-13(2,10-15)12-16-11(17-19-12)14(18-3)8-6-5-7-9-14/h4-10,15H2,1-3H3. The van der Waals surface area contributed by atoms with Gasteiger partial charge in [-0.25, -0.2) is 0 Å². The van der Waals surface area contributed by atoms with E-state index in [4.69, 9.17) is 15.0 Å². The Balaban J connectivity index is 2.29. The van der Waals surface area contributed by atoms with Gasteiger partial charge in [0.15, 0.2) is 0 Å². The molecular weight excluding hydrogens is 242 g/mol. The zero-order valence-corrected chi connectivity index (χ0v) is 12.2. The van der Waals surface area contributed by atoms with E-state index in [9.17, 15) is 0 Å². The van der Waals surface area contributed by atoms with Crippen molar-refractivity contribution in [2.45, 2.75) is 63.4 Å². The summed E-state index contributed by atoms with van der Waals surface area (Å²) < 4.78 is 11.2. The van der Waals surface area contributed by atoms with Crippen molar-refractivity contribution in [2.75, 3.05) is 13.7 Å². The van der Waals surface area contributed by atoms with E-state index in [0.29, 0.717) is 18.3 Å². The van der Waals surface area contributed by atoms with Crippen LogP contribution in [0, 0.1) is 0 Å². The van der Waals surface area contributed by atoms with E-state index in [1.165, 1.54) is 6.42 Å². The normalized spacial score (nSPS) is 22.1. The maximum Gasteiger partial charge on any atom is 0.233 e. The van der Waals surface area contributed by atoms with Crippen molar-refractivity contribution in [2.24, 2.45) is 5.73 Å². The van der Waals surface area contributed by atoms with Gasteiger partial charge in [0.1, 0.15) is 5.60 Å². The molecule has 0 radical (unpaired) electrons. The fourth-order valence-electron chi connectivity index (χ4n) is 2.68. The minimum atomic E-state index is -0.358. The smallest absolute Gasteiger partial charge is 0.233 e. The van der Waals surface area contributed by atoms with Crippen molar-refractivity contribution in [3.05, 3.63) is 11.7 Å². The van der Waals surface area contributed by atoms with Gasteiger partial charge in [0.05, 0.1) is 5.41 Å². The molecule has 5 heteroatoms. The molecule has 108 valence electrons. The second-order valence-corrected chi connectivity index (χ2v) is 5.80. The summed E-state index contributed by atoms with van der Waals surface area (Å²) in [5, 5.41) is 4.18. The summed E-state index contributed by atoms with van der Waals surface area (Å²) in [6.07, 6.45) is 6.37. The summed E-state index contributed by atoms with van der Waals surface area (Å²) in [5.41, 5.74) is 5.24. The average molecular weight is 267 g/mol. The van der Waals surface area contributed by atoms with E-state index in [2.05, 4.69) is 24.0 Å². The maximum atomic E-state index is 5.84. The molecule has 1 aliphatic carbocycles.